The molecule has 0 aliphatic carbocycles. The lowest BCUT2D eigenvalue weighted by molar-refractivity contribution is 0.0982. The second-order valence-electron chi connectivity index (χ2n) is 11.6. The Bertz CT molecular complexity index is 1370. The van der Waals surface area contributed by atoms with Crippen molar-refractivity contribution >= 4 is 44.8 Å². The van der Waals surface area contributed by atoms with E-state index in [1.165, 1.54) is 49.3 Å². The van der Waals surface area contributed by atoms with Crippen LogP contribution in [-0.4, -0.2) is 98.2 Å². The molecular formula is C31H42BrFN8O. The van der Waals surface area contributed by atoms with E-state index >= 15 is 0 Å². The summed E-state index contributed by atoms with van der Waals surface area (Å²) in [6, 6.07) is 9.63. The molecule has 2 fully saturated rings. The van der Waals surface area contributed by atoms with Gasteiger partial charge in [0.05, 0.1) is 17.3 Å². The molecule has 0 spiro atoms. The monoisotopic (exact) mass is 640 g/mol. The maximum Gasteiger partial charge on any atom is 0.229 e. The summed E-state index contributed by atoms with van der Waals surface area (Å²) in [7, 11) is 7.85. The smallest absolute Gasteiger partial charge is 0.229 e. The van der Waals surface area contributed by atoms with Gasteiger partial charge in [-0.05, 0) is 86.2 Å². The van der Waals surface area contributed by atoms with Gasteiger partial charge in [0.2, 0.25) is 5.95 Å². The van der Waals surface area contributed by atoms with Crippen molar-refractivity contribution in [2.24, 2.45) is 0 Å². The summed E-state index contributed by atoms with van der Waals surface area (Å²) in [6.45, 7) is 9.53. The largest absolute Gasteiger partial charge is 0.494 e. The first-order chi connectivity index (χ1) is 20.2. The minimum absolute atomic E-state index is 0.313. The van der Waals surface area contributed by atoms with Crippen LogP contribution in [0.5, 0.6) is 5.75 Å². The van der Waals surface area contributed by atoms with Gasteiger partial charge in [0.15, 0.2) is 0 Å². The number of hydrogen-bond donors (Lipinski definition) is 2. The fraction of sp³-hybridized carbons (Fsp3) is 0.484. The maximum atomic E-state index is 14.1. The molecule has 0 radical (unpaired) electrons. The number of likely N-dealkylation sites (N-methyl/N-ethyl adjacent to an activating group) is 1. The molecule has 2 aliphatic heterocycles. The fourth-order valence-electron chi connectivity index (χ4n) is 5.85. The molecule has 9 nitrogen and oxygen atoms in total. The van der Waals surface area contributed by atoms with Gasteiger partial charge < -0.3 is 30.1 Å². The van der Waals surface area contributed by atoms with Crippen LogP contribution in [0.15, 0.2) is 41.0 Å². The normalized spacial score (nSPS) is 17.1. The Balaban J connectivity index is 1.30. The molecule has 2 aromatic carbocycles. The average Bonchev–Trinajstić information content (AvgIpc) is 2.97. The predicted molar refractivity (Wildman–Crippen MR) is 172 cm³/mol. The van der Waals surface area contributed by atoms with Crippen molar-refractivity contribution in [2.75, 3.05) is 83.1 Å². The van der Waals surface area contributed by atoms with Gasteiger partial charge in [-0.15, -0.1) is 0 Å². The lowest BCUT2D eigenvalue weighted by Crippen LogP contribution is -2.52. The molecule has 3 heterocycles. The van der Waals surface area contributed by atoms with Gasteiger partial charge in [0.25, 0.3) is 0 Å². The van der Waals surface area contributed by atoms with E-state index in [4.69, 9.17) is 9.72 Å². The number of benzene rings is 2. The number of piperidine rings is 1. The number of methoxy groups -OCH3 is 1. The highest BCUT2D eigenvalue weighted by Crippen LogP contribution is 2.37. The highest BCUT2D eigenvalue weighted by atomic mass is 79.9. The number of hydrogen-bond acceptors (Lipinski definition) is 9. The van der Waals surface area contributed by atoms with Crippen LogP contribution >= 0.6 is 15.9 Å². The predicted octanol–water partition coefficient (Wildman–Crippen LogP) is 5.46. The number of rotatable bonds is 9. The second-order valence-corrected chi connectivity index (χ2v) is 12.4. The minimum atomic E-state index is -0.313. The molecule has 3 aromatic rings. The van der Waals surface area contributed by atoms with Crippen molar-refractivity contribution in [2.45, 2.75) is 32.4 Å². The van der Waals surface area contributed by atoms with Crippen molar-refractivity contribution in [3.63, 3.8) is 0 Å². The molecule has 0 unspecified atom stereocenters. The summed E-state index contributed by atoms with van der Waals surface area (Å²) in [5.74, 6) is 1.36. The SMILES string of the molecule is COc1cc(N2CCC(N3CCN(C)CC3)CC2)c(C)cc1Nc1ncc(Br)c(Nc2cc(F)ccc2CN(C)C)n1. The molecular weight excluding hydrogens is 599 g/mol. The summed E-state index contributed by atoms with van der Waals surface area (Å²) >= 11 is 3.54. The number of halogens is 2. The molecule has 1 aromatic heterocycles. The molecule has 11 heteroatoms. The van der Waals surface area contributed by atoms with Crippen LogP contribution in [0, 0.1) is 12.7 Å². The zero-order chi connectivity index (χ0) is 29.8. The molecule has 0 bridgehead atoms. The van der Waals surface area contributed by atoms with Crippen LogP contribution in [0.1, 0.15) is 24.0 Å². The first-order valence-corrected chi connectivity index (χ1v) is 15.4. The van der Waals surface area contributed by atoms with E-state index in [1.807, 2.05) is 19.0 Å². The van der Waals surface area contributed by atoms with E-state index in [1.54, 1.807) is 19.4 Å². The van der Waals surface area contributed by atoms with Crippen molar-refractivity contribution in [1.82, 2.24) is 24.7 Å². The first-order valence-electron chi connectivity index (χ1n) is 14.6. The van der Waals surface area contributed by atoms with Crippen molar-refractivity contribution in [1.29, 1.82) is 0 Å². The molecule has 42 heavy (non-hydrogen) atoms. The number of nitrogens with zero attached hydrogens (tertiary/aromatic N) is 6. The van der Waals surface area contributed by atoms with Crippen molar-refractivity contribution < 1.29 is 9.13 Å². The Morgan fingerprint density at radius 2 is 1.76 bits per heavy atom. The van der Waals surface area contributed by atoms with E-state index in [0.717, 1.165) is 43.2 Å². The standard InChI is InChI=1S/C31H42BrFN8O/c1-21-16-27(29(42-5)18-28(21)41-10-8-24(9-11-41)40-14-12-39(4)13-15-40)36-31-34-19-25(32)30(37-31)35-26-17-23(33)7-6-22(26)20-38(2)3/h6-7,16-19,24H,8-15,20H2,1-5H3,(H2,34,35,36,37). The quantitative estimate of drug-likeness (QED) is 0.317. The average molecular weight is 642 g/mol. The van der Waals surface area contributed by atoms with E-state index in [2.05, 4.69) is 72.4 Å². The summed E-state index contributed by atoms with van der Waals surface area (Å²) in [5.41, 5.74) is 4.77. The zero-order valence-corrected chi connectivity index (χ0v) is 26.8. The Hall–Kier alpha value is -2.99. The van der Waals surface area contributed by atoms with Crippen molar-refractivity contribution in [3.8, 4) is 5.75 Å². The number of aryl methyl sites for hydroxylation is 1. The Kier molecular flexibility index (Phi) is 9.82. The van der Waals surface area contributed by atoms with Gasteiger partial charge in [0.1, 0.15) is 17.4 Å². The van der Waals surface area contributed by atoms with E-state index in [-0.39, 0.29) is 5.82 Å². The van der Waals surface area contributed by atoms with E-state index in [0.29, 0.717) is 34.5 Å². The molecule has 2 N–H and O–H groups in total. The van der Waals surface area contributed by atoms with E-state index < -0.39 is 0 Å². The minimum Gasteiger partial charge on any atom is -0.494 e. The van der Waals surface area contributed by atoms with E-state index in [9.17, 15) is 4.39 Å². The van der Waals surface area contributed by atoms with Crippen LogP contribution in [0.4, 0.5) is 33.2 Å². The maximum absolute atomic E-state index is 14.1. The molecule has 2 saturated heterocycles. The van der Waals surface area contributed by atoms with Crippen LogP contribution < -0.4 is 20.3 Å². The van der Waals surface area contributed by atoms with Gasteiger partial charge in [-0.1, -0.05) is 6.07 Å². The van der Waals surface area contributed by atoms with Crippen LogP contribution in [-0.2, 0) is 6.54 Å². The molecule has 0 amide bonds. The number of anilines is 5. The lowest BCUT2D eigenvalue weighted by atomic mass is 10.0. The first kappa shape index (κ1) is 30.5. The highest BCUT2D eigenvalue weighted by Gasteiger charge is 2.27. The third-order valence-electron chi connectivity index (χ3n) is 8.18. The number of nitrogens with one attached hydrogen (secondary N) is 2. The number of ether oxygens (including phenoxy) is 1. The molecule has 5 rings (SSSR count). The van der Waals surface area contributed by atoms with Crippen LogP contribution in [0.3, 0.4) is 0 Å². The topological polar surface area (TPSA) is 72.0 Å². The van der Waals surface area contributed by atoms with Gasteiger partial charge in [-0.3, -0.25) is 4.90 Å². The zero-order valence-electron chi connectivity index (χ0n) is 25.3. The van der Waals surface area contributed by atoms with Gasteiger partial charge in [-0.2, -0.15) is 4.98 Å². The van der Waals surface area contributed by atoms with Gasteiger partial charge in [0, 0.05) is 75.5 Å². The van der Waals surface area contributed by atoms with Gasteiger partial charge >= 0.3 is 0 Å². The Morgan fingerprint density at radius 3 is 2.45 bits per heavy atom. The highest BCUT2D eigenvalue weighted by molar-refractivity contribution is 9.10. The summed E-state index contributed by atoms with van der Waals surface area (Å²) in [5, 5.41) is 6.63. The third-order valence-corrected chi connectivity index (χ3v) is 8.76. The van der Waals surface area contributed by atoms with Crippen LogP contribution in [0.2, 0.25) is 0 Å². The Labute approximate surface area is 257 Å². The van der Waals surface area contributed by atoms with Crippen LogP contribution in [0.25, 0.3) is 0 Å². The van der Waals surface area contributed by atoms with Crippen molar-refractivity contribution in [3.05, 3.63) is 57.9 Å². The summed E-state index contributed by atoms with van der Waals surface area (Å²) in [6.07, 6.45) is 4.03. The number of piperazine rings is 1. The molecule has 2 aliphatic rings. The Morgan fingerprint density at radius 1 is 1.02 bits per heavy atom. The molecule has 226 valence electrons. The van der Waals surface area contributed by atoms with Gasteiger partial charge in [-0.25, -0.2) is 9.37 Å². The molecule has 0 atom stereocenters. The lowest BCUT2D eigenvalue weighted by Gasteiger charge is -2.43. The third kappa shape index (κ3) is 7.31. The number of aromatic nitrogens is 2. The fourth-order valence-corrected chi connectivity index (χ4v) is 6.14. The molecule has 0 saturated carbocycles. The summed E-state index contributed by atoms with van der Waals surface area (Å²) in [4.78, 5) is 18.8. The second kappa shape index (κ2) is 13.5. The summed E-state index contributed by atoms with van der Waals surface area (Å²) < 4.78 is 20.6.